The quantitative estimate of drug-likeness (QED) is 0.858. The number of hydrogen-bond donors (Lipinski definition) is 2. The number of halogens is 1. The zero-order chi connectivity index (χ0) is 15.5. The number of ether oxygens (including phenoxy) is 1. The van der Waals surface area contributed by atoms with Crippen LogP contribution in [0.5, 0.6) is 0 Å². The van der Waals surface area contributed by atoms with Gasteiger partial charge in [-0.05, 0) is 25.2 Å². The van der Waals surface area contributed by atoms with Gasteiger partial charge in [0, 0.05) is 13.1 Å². The molecule has 0 bridgehead atoms. The van der Waals surface area contributed by atoms with E-state index in [9.17, 15) is 9.18 Å². The molecule has 1 saturated heterocycles. The van der Waals surface area contributed by atoms with Crippen molar-refractivity contribution in [2.45, 2.75) is 6.10 Å². The molecule has 1 unspecified atom stereocenters. The molecule has 0 saturated carbocycles. The standard InChI is InChI=1S/C14H18FN5O2/c1-16-7-11-8-20(14(21)22-11)10-2-3-13(12(15)6-10)19-5-4-17-18-9-19/h2-3,6,9,11,16-17H,4-5,7-8H2,1H3. The number of anilines is 2. The molecule has 0 radical (unpaired) electrons. The molecule has 1 aromatic rings. The van der Waals surface area contributed by atoms with Gasteiger partial charge in [-0.3, -0.25) is 4.90 Å². The molecule has 2 heterocycles. The number of cyclic esters (lactones) is 1. The Morgan fingerprint density at radius 1 is 1.55 bits per heavy atom. The van der Waals surface area contributed by atoms with E-state index in [0.29, 0.717) is 37.6 Å². The maximum atomic E-state index is 14.3. The molecule has 1 atom stereocenters. The highest BCUT2D eigenvalue weighted by Gasteiger charge is 2.32. The second-order valence-electron chi connectivity index (χ2n) is 5.16. The molecule has 1 aromatic carbocycles. The molecule has 2 aliphatic rings. The van der Waals surface area contributed by atoms with Crippen LogP contribution in [0.15, 0.2) is 23.3 Å². The first-order valence-corrected chi connectivity index (χ1v) is 7.14. The van der Waals surface area contributed by atoms with Gasteiger partial charge in [-0.1, -0.05) is 0 Å². The summed E-state index contributed by atoms with van der Waals surface area (Å²) in [6.45, 7) is 2.27. The fourth-order valence-electron chi connectivity index (χ4n) is 2.55. The Hall–Kier alpha value is -2.35. The van der Waals surface area contributed by atoms with E-state index in [4.69, 9.17) is 4.74 Å². The van der Waals surface area contributed by atoms with E-state index in [-0.39, 0.29) is 6.10 Å². The van der Waals surface area contributed by atoms with Gasteiger partial charge in [0.1, 0.15) is 18.3 Å². The first-order chi connectivity index (χ1) is 10.7. The molecule has 22 heavy (non-hydrogen) atoms. The number of nitrogens with one attached hydrogen (secondary N) is 2. The number of hydrazone groups is 1. The van der Waals surface area contributed by atoms with E-state index in [1.807, 2.05) is 0 Å². The van der Waals surface area contributed by atoms with Crippen LogP contribution in [-0.4, -0.2) is 51.8 Å². The maximum Gasteiger partial charge on any atom is 0.414 e. The predicted octanol–water partition coefficient (Wildman–Crippen LogP) is 0.723. The average Bonchev–Trinajstić information content (AvgIpc) is 2.89. The number of carbonyl (C=O) groups excluding carboxylic acids is 1. The Bertz CT molecular complexity index is 595. The van der Waals surface area contributed by atoms with Crippen LogP contribution in [0.25, 0.3) is 0 Å². The van der Waals surface area contributed by atoms with Gasteiger partial charge in [-0.15, -0.1) is 0 Å². The Morgan fingerprint density at radius 2 is 2.41 bits per heavy atom. The number of carbonyl (C=O) groups is 1. The third-order valence-electron chi connectivity index (χ3n) is 3.61. The molecule has 0 spiro atoms. The van der Waals surface area contributed by atoms with Gasteiger partial charge >= 0.3 is 6.09 Å². The smallest absolute Gasteiger partial charge is 0.414 e. The first kappa shape index (κ1) is 14.6. The summed E-state index contributed by atoms with van der Waals surface area (Å²) in [6, 6.07) is 4.73. The number of likely N-dealkylation sites (N-methyl/N-ethyl adjacent to an activating group) is 1. The van der Waals surface area contributed by atoms with Crippen LogP contribution in [0.1, 0.15) is 0 Å². The number of benzene rings is 1. The van der Waals surface area contributed by atoms with Crippen LogP contribution in [0, 0.1) is 5.82 Å². The van der Waals surface area contributed by atoms with Crippen LogP contribution >= 0.6 is 0 Å². The van der Waals surface area contributed by atoms with E-state index >= 15 is 0 Å². The maximum absolute atomic E-state index is 14.3. The van der Waals surface area contributed by atoms with Gasteiger partial charge < -0.3 is 20.4 Å². The fourth-order valence-corrected chi connectivity index (χ4v) is 2.55. The van der Waals surface area contributed by atoms with Crippen molar-refractivity contribution in [3.05, 3.63) is 24.0 Å². The van der Waals surface area contributed by atoms with Crippen molar-refractivity contribution in [1.82, 2.24) is 10.7 Å². The monoisotopic (exact) mass is 307 g/mol. The molecular weight excluding hydrogens is 289 g/mol. The summed E-state index contributed by atoms with van der Waals surface area (Å²) in [4.78, 5) is 15.0. The van der Waals surface area contributed by atoms with E-state index < -0.39 is 11.9 Å². The Morgan fingerprint density at radius 3 is 3.09 bits per heavy atom. The predicted molar refractivity (Wildman–Crippen MR) is 81.8 cm³/mol. The molecule has 0 aliphatic carbocycles. The van der Waals surface area contributed by atoms with Crippen molar-refractivity contribution >= 4 is 23.8 Å². The van der Waals surface area contributed by atoms with Crippen LogP contribution in [0.4, 0.5) is 20.6 Å². The summed E-state index contributed by atoms with van der Waals surface area (Å²) in [6.07, 6.45) is 0.881. The molecule has 7 nitrogen and oxygen atoms in total. The van der Waals surface area contributed by atoms with E-state index in [1.165, 1.54) is 11.0 Å². The summed E-state index contributed by atoms with van der Waals surface area (Å²) in [7, 11) is 1.79. The van der Waals surface area contributed by atoms with Crippen LogP contribution in [0.2, 0.25) is 0 Å². The number of amides is 1. The zero-order valence-corrected chi connectivity index (χ0v) is 12.3. The summed E-state index contributed by atoms with van der Waals surface area (Å²) in [5.74, 6) is -0.393. The van der Waals surface area contributed by atoms with E-state index in [1.54, 1.807) is 30.4 Å². The van der Waals surface area contributed by atoms with Crippen molar-refractivity contribution in [3.63, 3.8) is 0 Å². The molecule has 2 aliphatic heterocycles. The minimum absolute atomic E-state index is 0.222. The topological polar surface area (TPSA) is 69.2 Å². The van der Waals surface area contributed by atoms with Gasteiger partial charge in [0.2, 0.25) is 0 Å². The lowest BCUT2D eigenvalue weighted by atomic mass is 10.2. The van der Waals surface area contributed by atoms with Crippen molar-refractivity contribution in [2.24, 2.45) is 5.10 Å². The molecule has 1 amide bonds. The summed E-state index contributed by atoms with van der Waals surface area (Å²) < 4.78 is 19.6. The average molecular weight is 307 g/mol. The van der Waals surface area contributed by atoms with E-state index in [2.05, 4.69) is 15.8 Å². The van der Waals surface area contributed by atoms with E-state index in [0.717, 1.165) is 0 Å². The molecule has 8 heteroatoms. The largest absolute Gasteiger partial charge is 0.443 e. The van der Waals surface area contributed by atoms with Crippen LogP contribution in [0.3, 0.4) is 0 Å². The highest BCUT2D eigenvalue weighted by atomic mass is 19.1. The van der Waals surface area contributed by atoms with Gasteiger partial charge in [-0.25, -0.2) is 9.18 Å². The minimum atomic E-state index is -0.448. The first-order valence-electron chi connectivity index (χ1n) is 7.14. The van der Waals surface area contributed by atoms with Crippen LogP contribution < -0.4 is 20.5 Å². The number of hydrogen-bond acceptors (Lipinski definition) is 6. The summed E-state index contributed by atoms with van der Waals surface area (Å²) in [5, 5.41) is 6.87. The number of rotatable bonds is 4. The van der Waals surface area contributed by atoms with Crippen molar-refractivity contribution in [1.29, 1.82) is 0 Å². The molecular formula is C14H18FN5O2. The number of nitrogens with zero attached hydrogens (tertiary/aromatic N) is 3. The third kappa shape index (κ3) is 2.82. The second-order valence-corrected chi connectivity index (χ2v) is 5.16. The molecule has 3 rings (SSSR count). The summed E-state index contributed by atoms with van der Waals surface area (Å²) in [5.41, 5.74) is 3.75. The third-order valence-corrected chi connectivity index (χ3v) is 3.61. The molecule has 118 valence electrons. The lowest BCUT2D eigenvalue weighted by Gasteiger charge is -2.24. The second kappa shape index (κ2) is 6.18. The van der Waals surface area contributed by atoms with Gasteiger partial charge in [0.25, 0.3) is 0 Å². The van der Waals surface area contributed by atoms with Gasteiger partial charge in [-0.2, -0.15) is 5.10 Å². The fraction of sp³-hybridized carbons (Fsp3) is 0.429. The normalized spacial score (nSPS) is 21.0. The van der Waals surface area contributed by atoms with Gasteiger partial charge in [0.15, 0.2) is 0 Å². The Labute approximate surface area is 127 Å². The minimum Gasteiger partial charge on any atom is -0.443 e. The lowest BCUT2D eigenvalue weighted by molar-refractivity contribution is 0.141. The Kier molecular flexibility index (Phi) is 4.10. The molecule has 1 fully saturated rings. The summed E-state index contributed by atoms with van der Waals surface area (Å²) >= 11 is 0. The van der Waals surface area contributed by atoms with Crippen molar-refractivity contribution in [2.75, 3.05) is 43.0 Å². The van der Waals surface area contributed by atoms with Gasteiger partial charge in [0.05, 0.1) is 24.5 Å². The zero-order valence-electron chi connectivity index (χ0n) is 12.3. The molecule has 2 N–H and O–H groups in total. The SMILES string of the molecule is CNCC1CN(c2ccc(N3C=NNCC3)c(F)c2)C(=O)O1. The van der Waals surface area contributed by atoms with Crippen molar-refractivity contribution in [3.8, 4) is 0 Å². The lowest BCUT2D eigenvalue weighted by Crippen LogP contribution is -2.35. The molecule has 0 aromatic heterocycles. The highest BCUT2D eigenvalue weighted by molar-refractivity contribution is 5.90. The van der Waals surface area contributed by atoms with Crippen molar-refractivity contribution < 1.29 is 13.9 Å². The Balaban J connectivity index is 1.78. The van der Waals surface area contributed by atoms with Crippen LogP contribution in [-0.2, 0) is 4.74 Å². The highest BCUT2D eigenvalue weighted by Crippen LogP contribution is 2.27.